The number of hydrogen-bond acceptors (Lipinski definition) is 3. The first kappa shape index (κ1) is 16.7. The number of rotatable bonds is 7. The highest BCUT2D eigenvalue weighted by atomic mass is 16.5. The number of ether oxygens (including phenoxy) is 1. The SMILES string of the molecule is Cc1c([C@@H](C)NC(=O)[C@@H](C)OCC2CC2)cnn1-c1ccccc1. The van der Waals surface area contributed by atoms with E-state index in [2.05, 4.69) is 10.4 Å². The molecule has 0 unspecified atom stereocenters. The molecule has 1 heterocycles. The summed E-state index contributed by atoms with van der Waals surface area (Å²) in [5.41, 5.74) is 3.06. The van der Waals surface area contributed by atoms with Crippen molar-refractivity contribution in [1.82, 2.24) is 15.1 Å². The Labute approximate surface area is 143 Å². The van der Waals surface area contributed by atoms with Crippen LogP contribution in [0, 0.1) is 12.8 Å². The van der Waals surface area contributed by atoms with E-state index < -0.39 is 6.10 Å². The van der Waals surface area contributed by atoms with Crippen LogP contribution in [-0.4, -0.2) is 28.4 Å². The first-order chi connectivity index (χ1) is 11.6. The second kappa shape index (κ2) is 7.18. The lowest BCUT2D eigenvalue weighted by Gasteiger charge is -2.18. The average molecular weight is 327 g/mol. The third kappa shape index (κ3) is 3.85. The highest BCUT2D eigenvalue weighted by Gasteiger charge is 2.25. The summed E-state index contributed by atoms with van der Waals surface area (Å²) < 4.78 is 7.53. The molecule has 5 nitrogen and oxygen atoms in total. The fourth-order valence-electron chi connectivity index (χ4n) is 2.73. The van der Waals surface area contributed by atoms with Crippen molar-refractivity contribution in [3.05, 3.63) is 47.8 Å². The van der Waals surface area contributed by atoms with Gasteiger partial charge in [0.1, 0.15) is 6.10 Å². The van der Waals surface area contributed by atoms with Crippen LogP contribution in [0.2, 0.25) is 0 Å². The molecule has 5 heteroatoms. The van der Waals surface area contributed by atoms with Crippen molar-refractivity contribution < 1.29 is 9.53 Å². The van der Waals surface area contributed by atoms with E-state index in [1.54, 1.807) is 0 Å². The number of carbonyl (C=O) groups is 1. The number of hydrogen-bond donors (Lipinski definition) is 1. The number of aromatic nitrogens is 2. The molecule has 1 aliphatic rings. The number of nitrogens with zero attached hydrogens (tertiary/aromatic N) is 2. The van der Waals surface area contributed by atoms with Gasteiger partial charge in [0.15, 0.2) is 0 Å². The van der Waals surface area contributed by atoms with Crippen LogP contribution in [0.1, 0.15) is 44.0 Å². The van der Waals surface area contributed by atoms with Gasteiger partial charge in [-0.3, -0.25) is 4.79 Å². The molecule has 1 fully saturated rings. The van der Waals surface area contributed by atoms with E-state index in [-0.39, 0.29) is 11.9 Å². The normalized spacial score (nSPS) is 16.6. The van der Waals surface area contributed by atoms with Gasteiger partial charge < -0.3 is 10.1 Å². The van der Waals surface area contributed by atoms with Crippen molar-refractivity contribution >= 4 is 5.91 Å². The Morgan fingerprint density at radius 2 is 2.04 bits per heavy atom. The molecule has 0 saturated heterocycles. The van der Waals surface area contributed by atoms with Crippen LogP contribution in [0.5, 0.6) is 0 Å². The maximum absolute atomic E-state index is 12.3. The third-order valence-electron chi connectivity index (χ3n) is 4.52. The van der Waals surface area contributed by atoms with Crippen molar-refractivity contribution in [2.24, 2.45) is 5.92 Å². The fourth-order valence-corrected chi connectivity index (χ4v) is 2.73. The van der Waals surface area contributed by atoms with Crippen molar-refractivity contribution in [2.75, 3.05) is 6.61 Å². The fraction of sp³-hybridized carbons (Fsp3) is 0.474. The van der Waals surface area contributed by atoms with Crippen molar-refractivity contribution in [2.45, 2.75) is 45.8 Å². The predicted octanol–water partition coefficient (Wildman–Crippen LogP) is 3.17. The second-order valence-corrected chi connectivity index (χ2v) is 6.58. The lowest BCUT2D eigenvalue weighted by Crippen LogP contribution is -2.36. The van der Waals surface area contributed by atoms with Gasteiger partial charge in [-0.15, -0.1) is 0 Å². The van der Waals surface area contributed by atoms with E-state index in [0.29, 0.717) is 12.5 Å². The Kier molecular flexibility index (Phi) is 5.00. The monoisotopic (exact) mass is 327 g/mol. The molecule has 2 aromatic rings. The van der Waals surface area contributed by atoms with Gasteiger partial charge >= 0.3 is 0 Å². The summed E-state index contributed by atoms with van der Waals surface area (Å²) in [6.45, 7) is 6.49. The summed E-state index contributed by atoms with van der Waals surface area (Å²) in [6.07, 6.45) is 3.85. The van der Waals surface area contributed by atoms with Crippen LogP contribution in [-0.2, 0) is 9.53 Å². The third-order valence-corrected chi connectivity index (χ3v) is 4.52. The first-order valence-electron chi connectivity index (χ1n) is 8.58. The number of nitrogens with one attached hydrogen (secondary N) is 1. The Bertz CT molecular complexity index is 692. The standard InChI is InChI=1S/C19H25N3O2/c1-13(21-19(23)15(3)24-12-16-9-10-16)18-11-20-22(14(18)2)17-7-5-4-6-8-17/h4-8,11,13,15-16H,9-10,12H2,1-3H3,(H,21,23)/t13-,15-/m1/s1. The first-order valence-corrected chi connectivity index (χ1v) is 8.58. The van der Waals surface area contributed by atoms with Gasteiger partial charge in [0, 0.05) is 11.3 Å². The number of carbonyl (C=O) groups excluding carboxylic acids is 1. The molecule has 1 aromatic heterocycles. The van der Waals surface area contributed by atoms with E-state index in [1.807, 2.05) is 62.0 Å². The Hall–Kier alpha value is -2.14. The molecule has 0 radical (unpaired) electrons. The predicted molar refractivity (Wildman–Crippen MR) is 93.0 cm³/mol. The molecule has 0 aliphatic heterocycles. The summed E-state index contributed by atoms with van der Waals surface area (Å²) in [4.78, 5) is 12.3. The lowest BCUT2D eigenvalue weighted by atomic mass is 10.1. The van der Waals surface area contributed by atoms with E-state index in [4.69, 9.17) is 4.74 Å². The van der Waals surface area contributed by atoms with E-state index in [9.17, 15) is 4.79 Å². The molecular formula is C19H25N3O2. The quantitative estimate of drug-likeness (QED) is 0.850. The maximum atomic E-state index is 12.3. The van der Waals surface area contributed by atoms with Crippen LogP contribution >= 0.6 is 0 Å². The summed E-state index contributed by atoms with van der Waals surface area (Å²) in [6, 6.07) is 9.87. The van der Waals surface area contributed by atoms with Gasteiger partial charge in [-0.05, 0) is 51.7 Å². The minimum Gasteiger partial charge on any atom is -0.368 e. The maximum Gasteiger partial charge on any atom is 0.249 e. The van der Waals surface area contributed by atoms with Gasteiger partial charge in [0.25, 0.3) is 0 Å². The number of para-hydroxylation sites is 1. The van der Waals surface area contributed by atoms with Gasteiger partial charge in [-0.1, -0.05) is 18.2 Å². The zero-order valence-corrected chi connectivity index (χ0v) is 14.5. The molecule has 0 bridgehead atoms. The van der Waals surface area contributed by atoms with Crippen LogP contribution in [0.15, 0.2) is 36.5 Å². The van der Waals surface area contributed by atoms with E-state index in [0.717, 1.165) is 16.9 Å². The summed E-state index contributed by atoms with van der Waals surface area (Å²) in [7, 11) is 0. The zero-order valence-electron chi connectivity index (χ0n) is 14.5. The molecule has 1 N–H and O–H groups in total. The van der Waals surface area contributed by atoms with E-state index >= 15 is 0 Å². The Morgan fingerprint density at radius 1 is 1.33 bits per heavy atom. The molecule has 1 saturated carbocycles. The van der Waals surface area contributed by atoms with Crippen molar-refractivity contribution in [1.29, 1.82) is 0 Å². The molecule has 128 valence electrons. The molecular weight excluding hydrogens is 302 g/mol. The molecule has 1 aliphatic carbocycles. The van der Waals surface area contributed by atoms with Crippen LogP contribution in [0.4, 0.5) is 0 Å². The van der Waals surface area contributed by atoms with Crippen LogP contribution in [0.3, 0.4) is 0 Å². The second-order valence-electron chi connectivity index (χ2n) is 6.58. The van der Waals surface area contributed by atoms with Crippen LogP contribution in [0.25, 0.3) is 5.69 Å². The Balaban J connectivity index is 1.63. The summed E-state index contributed by atoms with van der Waals surface area (Å²) in [5, 5.41) is 7.49. The van der Waals surface area contributed by atoms with Crippen molar-refractivity contribution in [3.8, 4) is 5.69 Å². The molecule has 1 amide bonds. The molecule has 1 aromatic carbocycles. The van der Waals surface area contributed by atoms with E-state index in [1.165, 1.54) is 12.8 Å². The summed E-state index contributed by atoms with van der Waals surface area (Å²) in [5.74, 6) is 0.582. The highest BCUT2D eigenvalue weighted by molar-refractivity contribution is 5.80. The molecule has 24 heavy (non-hydrogen) atoms. The lowest BCUT2D eigenvalue weighted by molar-refractivity contribution is -0.132. The molecule has 3 rings (SSSR count). The number of benzene rings is 1. The smallest absolute Gasteiger partial charge is 0.249 e. The van der Waals surface area contributed by atoms with Gasteiger partial charge in [0.2, 0.25) is 5.91 Å². The highest BCUT2D eigenvalue weighted by Crippen LogP contribution is 2.29. The van der Waals surface area contributed by atoms with Crippen molar-refractivity contribution in [3.63, 3.8) is 0 Å². The Morgan fingerprint density at radius 3 is 2.71 bits per heavy atom. The average Bonchev–Trinajstić information content (AvgIpc) is 3.34. The molecule has 2 atom stereocenters. The minimum absolute atomic E-state index is 0.0741. The van der Waals surface area contributed by atoms with Crippen LogP contribution < -0.4 is 5.32 Å². The van der Waals surface area contributed by atoms with Gasteiger partial charge in [-0.2, -0.15) is 5.10 Å². The topological polar surface area (TPSA) is 56.1 Å². The van der Waals surface area contributed by atoms with Gasteiger partial charge in [-0.25, -0.2) is 4.68 Å². The van der Waals surface area contributed by atoms with Gasteiger partial charge in [0.05, 0.1) is 24.5 Å². The summed E-state index contributed by atoms with van der Waals surface area (Å²) >= 11 is 0. The number of amides is 1. The zero-order chi connectivity index (χ0) is 17.1. The molecule has 0 spiro atoms. The minimum atomic E-state index is -0.419. The largest absolute Gasteiger partial charge is 0.368 e.